The van der Waals surface area contributed by atoms with Gasteiger partial charge in [0.25, 0.3) is 0 Å². The van der Waals surface area contributed by atoms with Crippen molar-refractivity contribution in [3.05, 3.63) is 39.4 Å². The van der Waals surface area contributed by atoms with Crippen LogP contribution in [0.25, 0.3) is 0 Å². The van der Waals surface area contributed by atoms with E-state index < -0.39 is 41.4 Å². The molecular weight excluding hydrogens is 628 g/mol. The van der Waals surface area contributed by atoms with Crippen molar-refractivity contribution in [1.29, 1.82) is 5.26 Å². The van der Waals surface area contributed by atoms with Crippen LogP contribution >= 0.6 is 11.8 Å². The van der Waals surface area contributed by atoms with E-state index in [1.807, 2.05) is 20.9 Å². The number of ether oxygens (including phenoxy) is 7. The first-order chi connectivity index (χ1) is 22.6. The Balaban J connectivity index is 1.56. The molecule has 250 valence electrons. The number of nitriles is 1. The molecule has 5 aliphatic heterocycles. The van der Waals surface area contributed by atoms with Crippen molar-refractivity contribution in [2.45, 2.75) is 68.7 Å². The average Bonchev–Trinajstić information content (AvgIpc) is 3.53. The number of piperazine rings is 1. The number of likely N-dealkylation sites (N-methyl/N-ethyl adjacent to an activating group) is 1. The van der Waals surface area contributed by atoms with Crippen LogP contribution in [0.1, 0.15) is 57.6 Å². The predicted octanol–water partition coefficient (Wildman–Crippen LogP) is 2.84. The number of nitrogens with zero attached hydrogens (tertiary/aromatic N) is 3. The van der Waals surface area contributed by atoms with E-state index in [9.17, 15) is 14.9 Å². The molecule has 4 bridgehead atoms. The van der Waals surface area contributed by atoms with Gasteiger partial charge in [0.1, 0.15) is 24.4 Å². The molecule has 2 saturated heterocycles. The zero-order chi connectivity index (χ0) is 33.3. The zero-order valence-electron chi connectivity index (χ0n) is 27.2. The molecule has 47 heavy (non-hydrogen) atoms. The monoisotopic (exact) mass is 666 g/mol. The molecule has 0 radical (unpaired) electrons. The minimum atomic E-state index is -0.883. The van der Waals surface area contributed by atoms with Crippen LogP contribution in [0.2, 0.25) is 0 Å². The minimum Gasteiger partial charge on any atom is -0.493 e. The van der Waals surface area contributed by atoms with Gasteiger partial charge >= 0.3 is 11.9 Å². The summed E-state index contributed by atoms with van der Waals surface area (Å²) in [6.45, 7) is 5.08. The third-order valence-electron chi connectivity index (χ3n) is 9.99. The number of esters is 2. The van der Waals surface area contributed by atoms with Gasteiger partial charge in [-0.05, 0) is 38.4 Å². The molecule has 14 heteroatoms. The van der Waals surface area contributed by atoms with Crippen LogP contribution in [0.3, 0.4) is 0 Å². The second-order valence-electron chi connectivity index (χ2n) is 12.5. The fourth-order valence-electron chi connectivity index (χ4n) is 8.22. The van der Waals surface area contributed by atoms with Crippen molar-refractivity contribution < 1.29 is 42.7 Å². The molecular formula is C33H38N4O9S. The molecule has 0 aliphatic carbocycles. The zero-order valence-corrected chi connectivity index (χ0v) is 28.0. The number of thioether (sulfide) groups is 1. The Morgan fingerprint density at radius 1 is 1.13 bits per heavy atom. The summed E-state index contributed by atoms with van der Waals surface area (Å²) in [5.74, 6) is 1.76. The summed E-state index contributed by atoms with van der Waals surface area (Å²) in [5.41, 5.74) is 11.3. The molecule has 2 aromatic carbocycles. The lowest BCUT2D eigenvalue weighted by Gasteiger charge is -2.61. The highest BCUT2D eigenvalue weighted by Gasteiger charge is 2.60. The Morgan fingerprint density at radius 3 is 2.60 bits per heavy atom. The van der Waals surface area contributed by atoms with E-state index in [1.54, 1.807) is 14.2 Å². The number of fused-ring (bicyclic) bond motifs is 9. The maximum absolute atomic E-state index is 13.1. The van der Waals surface area contributed by atoms with Gasteiger partial charge in [-0.25, -0.2) is 0 Å². The minimum absolute atomic E-state index is 0.00896. The van der Waals surface area contributed by atoms with E-state index in [0.29, 0.717) is 46.3 Å². The number of methoxy groups -OCH3 is 2. The number of rotatable bonds is 5. The van der Waals surface area contributed by atoms with Crippen LogP contribution < -0.4 is 29.4 Å². The van der Waals surface area contributed by atoms with Gasteiger partial charge in [-0.3, -0.25) is 19.4 Å². The molecule has 0 spiro atoms. The maximum Gasteiger partial charge on any atom is 0.323 e. The lowest BCUT2D eigenvalue weighted by molar-refractivity contribution is -0.150. The summed E-state index contributed by atoms with van der Waals surface area (Å²) in [5, 5.41) is 10.5. The lowest BCUT2D eigenvalue weighted by Crippen LogP contribution is -2.69. The molecule has 13 nitrogen and oxygen atoms in total. The van der Waals surface area contributed by atoms with Gasteiger partial charge in [0, 0.05) is 54.1 Å². The molecule has 0 aromatic heterocycles. The Labute approximate surface area is 277 Å². The molecule has 2 fully saturated rings. The molecule has 5 heterocycles. The third-order valence-corrected chi connectivity index (χ3v) is 11.4. The van der Waals surface area contributed by atoms with Crippen LogP contribution in [0.5, 0.6) is 28.7 Å². The van der Waals surface area contributed by atoms with Crippen LogP contribution in [-0.2, 0) is 25.5 Å². The van der Waals surface area contributed by atoms with E-state index >= 15 is 0 Å². The van der Waals surface area contributed by atoms with E-state index in [1.165, 1.54) is 18.7 Å². The first-order valence-electron chi connectivity index (χ1n) is 15.5. The molecule has 5 aliphatic rings. The van der Waals surface area contributed by atoms with Gasteiger partial charge in [-0.2, -0.15) is 5.26 Å². The van der Waals surface area contributed by atoms with Crippen molar-refractivity contribution in [3.63, 3.8) is 0 Å². The van der Waals surface area contributed by atoms with E-state index in [0.717, 1.165) is 22.3 Å². The number of carbonyl (C=O) groups excluding carboxylic acids is 2. The second kappa shape index (κ2) is 12.1. The topological polar surface area (TPSA) is 155 Å². The normalized spacial score (nSPS) is 29.1. The van der Waals surface area contributed by atoms with E-state index in [2.05, 4.69) is 21.9 Å². The van der Waals surface area contributed by atoms with Gasteiger partial charge in [0.2, 0.25) is 6.79 Å². The number of benzene rings is 2. The molecule has 0 unspecified atom stereocenters. The third kappa shape index (κ3) is 4.74. The van der Waals surface area contributed by atoms with Gasteiger partial charge in [0.05, 0.1) is 30.5 Å². The highest BCUT2D eigenvalue weighted by atomic mass is 32.2. The molecule has 7 atom stereocenters. The highest BCUT2D eigenvalue weighted by molar-refractivity contribution is 7.99. The highest BCUT2D eigenvalue weighted by Crippen LogP contribution is 2.64. The first kappa shape index (κ1) is 31.8. The second-order valence-corrected chi connectivity index (χ2v) is 13.7. The van der Waals surface area contributed by atoms with Crippen molar-refractivity contribution >= 4 is 23.7 Å². The quantitative estimate of drug-likeness (QED) is 0.282. The molecule has 0 saturated carbocycles. The number of hydrogen-bond acceptors (Lipinski definition) is 14. The fraction of sp³-hybridized carbons (Fsp3) is 0.545. The molecule has 2 aromatic rings. The van der Waals surface area contributed by atoms with Gasteiger partial charge in [-0.1, -0.05) is 6.07 Å². The van der Waals surface area contributed by atoms with Crippen molar-refractivity contribution in [2.75, 3.05) is 47.2 Å². The summed E-state index contributed by atoms with van der Waals surface area (Å²) in [6, 6.07) is 1.67. The predicted molar refractivity (Wildman–Crippen MR) is 169 cm³/mol. The van der Waals surface area contributed by atoms with Crippen molar-refractivity contribution in [1.82, 2.24) is 9.80 Å². The average molecular weight is 667 g/mol. The van der Waals surface area contributed by atoms with Crippen LogP contribution in [0.15, 0.2) is 6.07 Å². The van der Waals surface area contributed by atoms with E-state index in [-0.39, 0.29) is 38.0 Å². The maximum atomic E-state index is 13.1. The molecule has 7 rings (SSSR count). The Bertz CT molecular complexity index is 1700. The van der Waals surface area contributed by atoms with Gasteiger partial charge in [0.15, 0.2) is 29.8 Å². The number of hydrogen-bond donors (Lipinski definition) is 1. The molecule has 2 N–H and O–H groups in total. The molecule has 0 amide bonds. The summed E-state index contributed by atoms with van der Waals surface area (Å²) in [4.78, 5) is 30.2. The van der Waals surface area contributed by atoms with Crippen molar-refractivity contribution in [2.24, 2.45) is 5.73 Å². The van der Waals surface area contributed by atoms with E-state index in [4.69, 9.17) is 38.9 Å². The fourth-order valence-corrected chi connectivity index (χ4v) is 9.66. The standard InChI is InChI=1S/C33H38N4O9S/c1-14-7-17-8-19-20(9-34)37-21-10-42-33(39)18(35)11-47-32(24-23(21)31-29(44-13-45-31)15(2)28(24)46-16(3)38)26(37)25(36(19)4)22(17)30(27(14)41-6)43-12-40-5/h7,18-21,25-26,32H,8,10-13,35H2,1-6H3/t18-,19+,20-,21-,25+,26+,32+/m0/s1. The summed E-state index contributed by atoms with van der Waals surface area (Å²) >= 11 is 1.48. The van der Waals surface area contributed by atoms with Crippen molar-refractivity contribution in [3.8, 4) is 34.8 Å². The van der Waals surface area contributed by atoms with Crippen LogP contribution in [-0.4, -0.2) is 93.1 Å². The lowest BCUT2D eigenvalue weighted by atomic mass is 9.71. The number of aryl methyl sites for hydroxylation is 1. The largest absolute Gasteiger partial charge is 0.493 e. The van der Waals surface area contributed by atoms with Crippen LogP contribution in [0, 0.1) is 25.2 Å². The Morgan fingerprint density at radius 2 is 1.89 bits per heavy atom. The Kier molecular flexibility index (Phi) is 8.16. The summed E-state index contributed by atoms with van der Waals surface area (Å²) in [6.07, 6.45) is 0.574. The Hall–Kier alpha value is -3.74. The SMILES string of the molecule is COCOc1c(OC)c(C)cc2c1[C@@H]1[C@@H]3[C@@H]4SC[C@H](N)C(=O)OC[C@@H](c5c6c(c(C)c(OC(C)=O)c54)OCO6)N3[C@@H](C#N)[C@@H](C2)N1C. The first-order valence-corrected chi connectivity index (χ1v) is 16.6. The summed E-state index contributed by atoms with van der Waals surface area (Å²) in [7, 11) is 5.22. The number of carbonyl (C=O) groups is 2. The van der Waals surface area contributed by atoms with Gasteiger partial charge in [-0.15, -0.1) is 11.8 Å². The smallest absolute Gasteiger partial charge is 0.323 e. The van der Waals surface area contributed by atoms with Crippen LogP contribution in [0.4, 0.5) is 0 Å². The number of nitrogens with two attached hydrogens (primary N) is 1. The van der Waals surface area contributed by atoms with Gasteiger partial charge < -0.3 is 38.9 Å². The summed E-state index contributed by atoms with van der Waals surface area (Å²) < 4.78 is 41.6. The number of cyclic esters (lactones) is 1.